The molecule has 5 heteroatoms. The maximum atomic E-state index is 13.6. The highest BCUT2D eigenvalue weighted by atomic mass is 16.5. The number of hydrogen-bond acceptors (Lipinski definition) is 4. The lowest BCUT2D eigenvalue weighted by Crippen LogP contribution is -2.41. The number of nitrogens with zero attached hydrogens (tertiary/aromatic N) is 1. The van der Waals surface area contributed by atoms with Crippen molar-refractivity contribution in [3.05, 3.63) is 125 Å². The molecule has 0 N–H and O–H groups in total. The number of carbonyl (C=O) groups is 1. The lowest BCUT2D eigenvalue weighted by Gasteiger charge is -2.38. The van der Waals surface area contributed by atoms with Crippen LogP contribution in [0.1, 0.15) is 38.7 Å². The van der Waals surface area contributed by atoms with Gasteiger partial charge in [-0.25, -0.2) is 0 Å². The molecule has 4 aromatic rings. The fourth-order valence-corrected chi connectivity index (χ4v) is 4.86. The standard InChI is InChI=1S/C32H31NO4/c1-35-27-14-10-25(11-15-27)32(34)33-19-18-26-21-29(36-2)16-17-30(26)31(33)20-23-8-12-28(13-9-23)37-22-24-6-4-3-5-7-24/h3-17,21,31H,18-20,22H2,1-2H3. The molecule has 5 nitrogen and oxygen atoms in total. The molecule has 5 rings (SSSR count). The van der Waals surface area contributed by atoms with Gasteiger partial charge in [0.05, 0.1) is 20.3 Å². The largest absolute Gasteiger partial charge is 0.497 e. The summed E-state index contributed by atoms with van der Waals surface area (Å²) in [5.41, 5.74) is 5.33. The SMILES string of the molecule is COc1ccc(C(=O)N2CCc3cc(OC)ccc3C2Cc2ccc(OCc3ccccc3)cc2)cc1. The molecule has 0 saturated heterocycles. The van der Waals surface area contributed by atoms with E-state index in [-0.39, 0.29) is 11.9 Å². The Balaban J connectivity index is 1.38. The van der Waals surface area contributed by atoms with Gasteiger partial charge in [-0.05, 0) is 83.6 Å². The molecule has 4 aromatic carbocycles. The normalized spacial score (nSPS) is 14.5. The van der Waals surface area contributed by atoms with Crippen molar-refractivity contribution >= 4 is 5.91 Å². The fourth-order valence-electron chi connectivity index (χ4n) is 4.86. The van der Waals surface area contributed by atoms with E-state index in [2.05, 4.69) is 36.4 Å². The summed E-state index contributed by atoms with van der Waals surface area (Å²) in [4.78, 5) is 15.6. The maximum absolute atomic E-state index is 13.6. The molecule has 0 fully saturated rings. The highest BCUT2D eigenvalue weighted by Gasteiger charge is 2.32. The minimum atomic E-state index is -0.0830. The molecule has 188 valence electrons. The van der Waals surface area contributed by atoms with Gasteiger partial charge in [-0.3, -0.25) is 4.79 Å². The Bertz CT molecular complexity index is 1330. The van der Waals surface area contributed by atoms with Crippen LogP contribution in [0.2, 0.25) is 0 Å². The number of benzene rings is 4. The predicted octanol–water partition coefficient (Wildman–Crippen LogP) is 6.27. The Labute approximate surface area is 218 Å². The number of amides is 1. The van der Waals surface area contributed by atoms with Gasteiger partial charge in [0.25, 0.3) is 5.91 Å². The first-order chi connectivity index (χ1) is 18.1. The van der Waals surface area contributed by atoms with Crippen molar-refractivity contribution in [3.8, 4) is 17.2 Å². The van der Waals surface area contributed by atoms with Crippen LogP contribution in [0.3, 0.4) is 0 Å². The van der Waals surface area contributed by atoms with E-state index < -0.39 is 0 Å². The van der Waals surface area contributed by atoms with Gasteiger partial charge in [0.1, 0.15) is 23.9 Å². The van der Waals surface area contributed by atoms with Crippen LogP contribution in [0.15, 0.2) is 97.1 Å². The third kappa shape index (κ3) is 5.61. The van der Waals surface area contributed by atoms with Crippen LogP contribution in [-0.4, -0.2) is 31.6 Å². The zero-order valence-electron chi connectivity index (χ0n) is 21.2. The second-order valence-electron chi connectivity index (χ2n) is 9.18. The number of rotatable bonds is 8. The van der Waals surface area contributed by atoms with Crippen molar-refractivity contribution in [2.24, 2.45) is 0 Å². The lowest BCUT2D eigenvalue weighted by atomic mass is 9.88. The van der Waals surface area contributed by atoms with E-state index in [9.17, 15) is 4.79 Å². The lowest BCUT2D eigenvalue weighted by molar-refractivity contribution is 0.0660. The van der Waals surface area contributed by atoms with Gasteiger partial charge in [0, 0.05) is 12.1 Å². The second kappa shape index (κ2) is 11.2. The molecule has 1 amide bonds. The Kier molecular flexibility index (Phi) is 7.41. The minimum Gasteiger partial charge on any atom is -0.497 e. The smallest absolute Gasteiger partial charge is 0.254 e. The van der Waals surface area contributed by atoms with Crippen LogP contribution in [-0.2, 0) is 19.4 Å². The summed E-state index contributed by atoms with van der Waals surface area (Å²) < 4.78 is 16.7. The quantitative estimate of drug-likeness (QED) is 0.290. The number of hydrogen-bond donors (Lipinski definition) is 0. The molecule has 0 bridgehead atoms. The van der Waals surface area contributed by atoms with Gasteiger partial charge in [-0.1, -0.05) is 48.5 Å². The molecular formula is C32H31NO4. The first kappa shape index (κ1) is 24.4. The molecule has 0 saturated carbocycles. The maximum Gasteiger partial charge on any atom is 0.254 e. The highest BCUT2D eigenvalue weighted by Crippen LogP contribution is 2.36. The molecule has 1 aliphatic rings. The zero-order chi connectivity index (χ0) is 25.6. The predicted molar refractivity (Wildman–Crippen MR) is 144 cm³/mol. The summed E-state index contributed by atoms with van der Waals surface area (Å²) >= 11 is 0. The molecule has 1 atom stereocenters. The third-order valence-electron chi connectivity index (χ3n) is 6.91. The molecular weight excluding hydrogens is 462 g/mol. The van der Waals surface area contributed by atoms with Crippen LogP contribution in [0, 0.1) is 0 Å². The molecule has 0 radical (unpaired) electrons. The van der Waals surface area contributed by atoms with Gasteiger partial charge in [-0.2, -0.15) is 0 Å². The summed E-state index contributed by atoms with van der Waals surface area (Å²) in [6.07, 6.45) is 1.50. The van der Waals surface area contributed by atoms with Crippen LogP contribution in [0.4, 0.5) is 0 Å². The number of fused-ring (bicyclic) bond motifs is 1. The minimum absolute atomic E-state index is 0.0249. The summed E-state index contributed by atoms with van der Waals surface area (Å²) in [5.74, 6) is 2.43. The van der Waals surface area contributed by atoms with Crippen molar-refractivity contribution < 1.29 is 19.0 Å². The van der Waals surface area contributed by atoms with E-state index in [1.807, 2.05) is 65.6 Å². The van der Waals surface area contributed by atoms with Gasteiger partial charge >= 0.3 is 0 Å². The van der Waals surface area contributed by atoms with E-state index in [1.165, 1.54) is 11.1 Å². The van der Waals surface area contributed by atoms with E-state index in [1.54, 1.807) is 14.2 Å². The van der Waals surface area contributed by atoms with E-state index >= 15 is 0 Å². The molecule has 1 heterocycles. The summed E-state index contributed by atoms with van der Waals surface area (Å²) in [5, 5.41) is 0. The van der Waals surface area contributed by atoms with Crippen LogP contribution in [0.25, 0.3) is 0 Å². The first-order valence-electron chi connectivity index (χ1n) is 12.5. The Morgan fingerprint density at radius 3 is 2.16 bits per heavy atom. The molecule has 1 unspecified atom stereocenters. The summed E-state index contributed by atoms with van der Waals surface area (Å²) in [6, 6.07) is 31.8. The van der Waals surface area contributed by atoms with E-state index in [0.717, 1.165) is 34.8 Å². The molecule has 0 aromatic heterocycles. The van der Waals surface area contributed by atoms with Crippen molar-refractivity contribution in [3.63, 3.8) is 0 Å². The fraction of sp³-hybridized carbons (Fsp3) is 0.219. The topological polar surface area (TPSA) is 48.0 Å². The summed E-state index contributed by atoms with van der Waals surface area (Å²) in [7, 11) is 3.31. The monoisotopic (exact) mass is 493 g/mol. The molecule has 37 heavy (non-hydrogen) atoms. The van der Waals surface area contributed by atoms with Crippen LogP contribution >= 0.6 is 0 Å². The number of methoxy groups -OCH3 is 2. The van der Waals surface area contributed by atoms with Gasteiger partial charge in [0.15, 0.2) is 0 Å². The van der Waals surface area contributed by atoms with Crippen molar-refractivity contribution in [1.82, 2.24) is 4.90 Å². The Morgan fingerprint density at radius 1 is 0.784 bits per heavy atom. The Morgan fingerprint density at radius 2 is 1.46 bits per heavy atom. The number of ether oxygens (including phenoxy) is 3. The van der Waals surface area contributed by atoms with Crippen LogP contribution < -0.4 is 14.2 Å². The van der Waals surface area contributed by atoms with Gasteiger partial charge < -0.3 is 19.1 Å². The van der Waals surface area contributed by atoms with Crippen molar-refractivity contribution in [2.45, 2.75) is 25.5 Å². The highest BCUT2D eigenvalue weighted by molar-refractivity contribution is 5.94. The second-order valence-corrected chi connectivity index (χ2v) is 9.18. The summed E-state index contributed by atoms with van der Waals surface area (Å²) in [6.45, 7) is 1.18. The Hall–Kier alpha value is -4.25. The molecule has 0 spiro atoms. The number of carbonyl (C=O) groups excluding carboxylic acids is 1. The van der Waals surface area contributed by atoms with Gasteiger partial charge in [-0.15, -0.1) is 0 Å². The van der Waals surface area contributed by atoms with Crippen molar-refractivity contribution in [2.75, 3.05) is 20.8 Å². The average Bonchev–Trinajstić information content (AvgIpc) is 2.97. The zero-order valence-corrected chi connectivity index (χ0v) is 21.2. The third-order valence-corrected chi connectivity index (χ3v) is 6.91. The first-order valence-corrected chi connectivity index (χ1v) is 12.5. The molecule has 1 aliphatic heterocycles. The van der Waals surface area contributed by atoms with Crippen molar-refractivity contribution in [1.29, 1.82) is 0 Å². The van der Waals surface area contributed by atoms with Crippen LogP contribution in [0.5, 0.6) is 17.2 Å². The van der Waals surface area contributed by atoms with E-state index in [4.69, 9.17) is 14.2 Å². The average molecular weight is 494 g/mol. The molecule has 0 aliphatic carbocycles. The van der Waals surface area contributed by atoms with E-state index in [0.29, 0.717) is 25.1 Å². The van der Waals surface area contributed by atoms with Gasteiger partial charge in [0.2, 0.25) is 0 Å².